The number of ether oxygens (including phenoxy) is 2. The molecule has 7 heteroatoms. The minimum Gasteiger partial charge on any atom is -0.464 e. The highest BCUT2D eigenvalue weighted by Crippen LogP contribution is 2.20. The van der Waals surface area contributed by atoms with Gasteiger partial charge < -0.3 is 14.8 Å². The van der Waals surface area contributed by atoms with Gasteiger partial charge in [-0.25, -0.2) is 9.59 Å². The van der Waals surface area contributed by atoms with Gasteiger partial charge in [0.15, 0.2) is 0 Å². The van der Waals surface area contributed by atoms with Crippen molar-refractivity contribution in [1.82, 2.24) is 10.2 Å². The molecule has 7 nitrogen and oxygen atoms in total. The Morgan fingerprint density at radius 2 is 1.89 bits per heavy atom. The second-order valence-corrected chi connectivity index (χ2v) is 7.33. The van der Waals surface area contributed by atoms with E-state index in [2.05, 4.69) is 5.32 Å². The van der Waals surface area contributed by atoms with E-state index in [1.165, 1.54) is 4.90 Å². The van der Waals surface area contributed by atoms with Crippen LogP contribution in [0.25, 0.3) is 0 Å². The SMILES string of the molecule is CCOC(=O)[C@H](CC(C)C)NC(=O)[C@H]1CCCN1C(=O)OCc1ccccc1. The lowest BCUT2D eigenvalue weighted by molar-refractivity contribution is -0.148. The number of benzene rings is 1. The zero-order valence-electron chi connectivity index (χ0n) is 16.8. The molecule has 0 saturated carbocycles. The van der Waals surface area contributed by atoms with Gasteiger partial charge in [-0.1, -0.05) is 44.2 Å². The molecule has 0 bridgehead atoms. The molecule has 0 unspecified atom stereocenters. The molecule has 1 fully saturated rings. The Kier molecular flexibility index (Phi) is 8.29. The Labute approximate surface area is 166 Å². The average Bonchev–Trinajstić information content (AvgIpc) is 3.16. The number of amides is 2. The van der Waals surface area contributed by atoms with Gasteiger partial charge in [0.1, 0.15) is 18.7 Å². The minimum atomic E-state index is -0.713. The third kappa shape index (κ3) is 6.25. The van der Waals surface area contributed by atoms with E-state index < -0.39 is 24.1 Å². The molecule has 1 aliphatic rings. The van der Waals surface area contributed by atoms with Crippen molar-refractivity contribution in [2.24, 2.45) is 5.92 Å². The van der Waals surface area contributed by atoms with Crippen LogP contribution in [0.2, 0.25) is 0 Å². The summed E-state index contributed by atoms with van der Waals surface area (Å²) in [5, 5.41) is 2.77. The topological polar surface area (TPSA) is 84.9 Å². The highest BCUT2D eigenvalue weighted by atomic mass is 16.6. The van der Waals surface area contributed by atoms with Crippen LogP contribution in [0.4, 0.5) is 4.79 Å². The molecule has 2 atom stereocenters. The van der Waals surface area contributed by atoms with Gasteiger partial charge in [0.05, 0.1) is 6.61 Å². The molecule has 154 valence electrons. The Morgan fingerprint density at radius 1 is 1.18 bits per heavy atom. The molecule has 1 saturated heterocycles. The van der Waals surface area contributed by atoms with Crippen LogP contribution in [-0.4, -0.2) is 48.1 Å². The van der Waals surface area contributed by atoms with E-state index in [1.54, 1.807) is 6.92 Å². The second kappa shape index (κ2) is 10.7. The maximum Gasteiger partial charge on any atom is 0.410 e. The van der Waals surface area contributed by atoms with Crippen LogP contribution in [0.3, 0.4) is 0 Å². The molecule has 0 aliphatic carbocycles. The third-order valence-corrected chi connectivity index (χ3v) is 4.59. The molecule has 0 spiro atoms. The van der Waals surface area contributed by atoms with Crippen molar-refractivity contribution in [1.29, 1.82) is 0 Å². The molecular weight excluding hydrogens is 360 g/mol. The fourth-order valence-corrected chi connectivity index (χ4v) is 3.26. The number of nitrogens with one attached hydrogen (secondary N) is 1. The van der Waals surface area contributed by atoms with Gasteiger partial charge in [0, 0.05) is 6.54 Å². The van der Waals surface area contributed by atoms with Gasteiger partial charge in [-0.05, 0) is 37.7 Å². The van der Waals surface area contributed by atoms with Crippen LogP contribution in [0.5, 0.6) is 0 Å². The number of carbonyl (C=O) groups is 3. The van der Waals surface area contributed by atoms with Crippen molar-refractivity contribution in [3.63, 3.8) is 0 Å². The van der Waals surface area contributed by atoms with E-state index in [4.69, 9.17) is 9.47 Å². The molecule has 2 amide bonds. The number of carbonyl (C=O) groups excluding carboxylic acids is 3. The molecule has 1 aromatic rings. The van der Waals surface area contributed by atoms with Gasteiger partial charge in [-0.3, -0.25) is 9.69 Å². The molecule has 1 aliphatic heterocycles. The zero-order valence-corrected chi connectivity index (χ0v) is 16.8. The summed E-state index contributed by atoms with van der Waals surface area (Å²) in [6, 6.07) is 8.04. The Bertz CT molecular complexity index is 662. The van der Waals surface area contributed by atoms with Gasteiger partial charge in [0.2, 0.25) is 5.91 Å². The lowest BCUT2D eigenvalue weighted by atomic mass is 10.0. The Balaban J connectivity index is 1.96. The molecular formula is C21H30N2O5. The molecule has 1 aromatic carbocycles. The van der Waals surface area contributed by atoms with Crippen LogP contribution in [-0.2, 0) is 25.7 Å². The number of likely N-dealkylation sites (tertiary alicyclic amines) is 1. The van der Waals surface area contributed by atoms with E-state index in [0.29, 0.717) is 25.8 Å². The van der Waals surface area contributed by atoms with Crippen LogP contribution in [0, 0.1) is 5.92 Å². The second-order valence-electron chi connectivity index (χ2n) is 7.33. The number of rotatable bonds is 8. The maximum absolute atomic E-state index is 12.8. The van der Waals surface area contributed by atoms with Crippen LogP contribution in [0.15, 0.2) is 30.3 Å². The van der Waals surface area contributed by atoms with Gasteiger partial charge in [-0.15, -0.1) is 0 Å². The fraction of sp³-hybridized carbons (Fsp3) is 0.571. The van der Waals surface area contributed by atoms with Crippen LogP contribution in [0.1, 0.15) is 45.6 Å². The molecule has 28 heavy (non-hydrogen) atoms. The van der Waals surface area contributed by atoms with E-state index >= 15 is 0 Å². The van der Waals surface area contributed by atoms with Crippen LogP contribution >= 0.6 is 0 Å². The van der Waals surface area contributed by atoms with Crippen molar-refractivity contribution >= 4 is 18.0 Å². The summed E-state index contributed by atoms with van der Waals surface area (Å²) in [5.74, 6) is -0.571. The summed E-state index contributed by atoms with van der Waals surface area (Å²) in [5.41, 5.74) is 0.885. The first-order valence-electron chi connectivity index (χ1n) is 9.86. The molecule has 0 radical (unpaired) electrons. The van der Waals surface area contributed by atoms with E-state index in [-0.39, 0.29) is 25.0 Å². The van der Waals surface area contributed by atoms with Crippen LogP contribution < -0.4 is 5.32 Å². The summed E-state index contributed by atoms with van der Waals surface area (Å²) in [7, 11) is 0. The standard InChI is InChI=1S/C21H30N2O5/c1-4-27-20(25)17(13-15(2)3)22-19(24)18-11-8-12-23(18)21(26)28-14-16-9-6-5-7-10-16/h5-7,9-10,15,17-18H,4,8,11-14H2,1-3H3,(H,22,24)/t17-,18+/m0/s1. The van der Waals surface area contributed by atoms with Gasteiger partial charge in [0.25, 0.3) is 0 Å². The molecule has 1 N–H and O–H groups in total. The number of hydrogen-bond acceptors (Lipinski definition) is 5. The Hall–Kier alpha value is -2.57. The number of hydrogen-bond donors (Lipinski definition) is 1. The van der Waals surface area contributed by atoms with Crippen molar-refractivity contribution in [2.45, 2.75) is 58.7 Å². The maximum atomic E-state index is 12.8. The molecule has 0 aromatic heterocycles. The van der Waals surface area contributed by atoms with Crippen molar-refractivity contribution in [2.75, 3.05) is 13.2 Å². The number of esters is 1. The summed E-state index contributed by atoms with van der Waals surface area (Å²) in [4.78, 5) is 38.8. The van der Waals surface area contributed by atoms with E-state index in [0.717, 1.165) is 5.56 Å². The summed E-state index contributed by atoms with van der Waals surface area (Å²) >= 11 is 0. The van der Waals surface area contributed by atoms with E-state index in [9.17, 15) is 14.4 Å². The van der Waals surface area contributed by atoms with Crippen molar-refractivity contribution in [3.05, 3.63) is 35.9 Å². The quantitative estimate of drug-likeness (QED) is 0.690. The molecule has 1 heterocycles. The summed E-state index contributed by atoms with van der Waals surface area (Å²) in [6.07, 6.45) is 1.23. The smallest absolute Gasteiger partial charge is 0.410 e. The Morgan fingerprint density at radius 3 is 2.54 bits per heavy atom. The first kappa shape index (κ1) is 21.7. The lowest BCUT2D eigenvalue weighted by Crippen LogP contribution is -2.51. The van der Waals surface area contributed by atoms with Gasteiger partial charge >= 0.3 is 12.1 Å². The zero-order chi connectivity index (χ0) is 20.5. The third-order valence-electron chi connectivity index (χ3n) is 4.59. The monoisotopic (exact) mass is 390 g/mol. The number of nitrogens with zero attached hydrogens (tertiary/aromatic N) is 1. The largest absolute Gasteiger partial charge is 0.464 e. The highest BCUT2D eigenvalue weighted by molar-refractivity contribution is 5.90. The van der Waals surface area contributed by atoms with Crippen molar-refractivity contribution in [3.8, 4) is 0 Å². The normalized spacial score (nSPS) is 17.3. The summed E-state index contributed by atoms with van der Waals surface area (Å²) in [6.45, 7) is 6.55. The minimum absolute atomic E-state index is 0.156. The van der Waals surface area contributed by atoms with E-state index in [1.807, 2.05) is 44.2 Å². The molecule has 2 rings (SSSR count). The lowest BCUT2D eigenvalue weighted by Gasteiger charge is -2.26. The predicted octanol–water partition coefficient (Wildman–Crippen LogP) is 2.88. The highest BCUT2D eigenvalue weighted by Gasteiger charge is 2.37. The van der Waals surface area contributed by atoms with Crippen molar-refractivity contribution < 1.29 is 23.9 Å². The predicted molar refractivity (Wildman–Crippen MR) is 104 cm³/mol. The first-order valence-corrected chi connectivity index (χ1v) is 9.86. The average molecular weight is 390 g/mol. The first-order chi connectivity index (χ1) is 13.4. The van der Waals surface area contributed by atoms with Gasteiger partial charge in [-0.2, -0.15) is 0 Å². The fourth-order valence-electron chi connectivity index (χ4n) is 3.26. The summed E-state index contributed by atoms with van der Waals surface area (Å²) < 4.78 is 10.4.